The van der Waals surface area contributed by atoms with Crippen molar-refractivity contribution in [1.82, 2.24) is 0 Å². The molecule has 0 aromatic heterocycles. The maximum atomic E-state index is 12.6. The minimum absolute atomic E-state index is 0.00543. The van der Waals surface area contributed by atoms with E-state index in [0.29, 0.717) is 17.1 Å². The number of benzene rings is 2. The summed E-state index contributed by atoms with van der Waals surface area (Å²) >= 11 is 3.30. The number of carbonyl (C=O) groups excluding carboxylic acids is 1. The van der Waals surface area contributed by atoms with Crippen LogP contribution >= 0.6 is 15.9 Å². The molecule has 0 radical (unpaired) electrons. The van der Waals surface area contributed by atoms with Crippen molar-refractivity contribution < 1.29 is 17.9 Å². The third-order valence-electron chi connectivity index (χ3n) is 3.78. The van der Waals surface area contributed by atoms with Gasteiger partial charge in [0.1, 0.15) is 5.75 Å². The number of ether oxygens (including phenoxy) is 1. The van der Waals surface area contributed by atoms with Gasteiger partial charge < -0.3 is 10.1 Å². The number of hydrogen-bond donors (Lipinski definition) is 2. The van der Waals surface area contributed by atoms with Crippen molar-refractivity contribution in [3.05, 3.63) is 46.9 Å². The highest BCUT2D eigenvalue weighted by Crippen LogP contribution is 2.33. The van der Waals surface area contributed by atoms with E-state index in [9.17, 15) is 13.2 Å². The summed E-state index contributed by atoms with van der Waals surface area (Å²) in [5, 5.41) is 2.74. The Labute approximate surface area is 154 Å². The lowest BCUT2D eigenvalue weighted by Gasteiger charge is -2.13. The van der Waals surface area contributed by atoms with Gasteiger partial charge in [0.15, 0.2) is 0 Å². The van der Waals surface area contributed by atoms with Gasteiger partial charge >= 0.3 is 0 Å². The number of methoxy groups -OCH3 is 1. The lowest BCUT2D eigenvalue weighted by atomic mass is 10.2. The second-order valence-electron chi connectivity index (χ2n) is 5.74. The number of sulfonamides is 1. The summed E-state index contributed by atoms with van der Waals surface area (Å²) in [6.07, 6.45) is 1.72. The molecule has 1 saturated carbocycles. The van der Waals surface area contributed by atoms with Crippen molar-refractivity contribution in [2.75, 3.05) is 17.1 Å². The van der Waals surface area contributed by atoms with Gasteiger partial charge in [0.05, 0.1) is 17.7 Å². The molecule has 0 atom stereocenters. The van der Waals surface area contributed by atoms with Gasteiger partial charge in [0, 0.05) is 16.1 Å². The lowest BCUT2D eigenvalue weighted by molar-refractivity contribution is -0.117. The number of amides is 1. The predicted octanol–water partition coefficient (Wildman–Crippen LogP) is 3.61. The van der Waals surface area contributed by atoms with E-state index in [2.05, 4.69) is 26.0 Å². The summed E-state index contributed by atoms with van der Waals surface area (Å²) in [5.41, 5.74) is 0.792. The Morgan fingerprint density at radius 2 is 1.84 bits per heavy atom. The first kappa shape index (κ1) is 17.8. The van der Waals surface area contributed by atoms with Crippen LogP contribution in [0.3, 0.4) is 0 Å². The fraction of sp³-hybridized carbons (Fsp3) is 0.235. The third kappa shape index (κ3) is 4.32. The van der Waals surface area contributed by atoms with Crippen molar-refractivity contribution in [1.29, 1.82) is 0 Å². The molecule has 8 heteroatoms. The van der Waals surface area contributed by atoms with Crippen LogP contribution in [0.15, 0.2) is 51.8 Å². The fourth-order valence-corrected chi connectivity index (χ4v) is 3.61. The Balaban J connectivity index is 1.87. The molecule has 1 amide bonds. The third-order valence-corrected chi connectivity index (χ3v) is 5.69. The Kier molecular flexibility index (Phi) is 5.01. The monoisotopic (exact) mass is 424 g/mol. The number of nitrogens with one attached hydrogen (secondary N) is 2. The highest BCUT2D eigenvalue weighted by atomic mass is 79.9. The van der Waals surface area contributed by atoms with Crippen molar-refractivity contribution in [3.63, 3.8) is 0 Å². The molecular weight excluding hydrogens is 408 g/mol. The molecule has 0 spiro atoms. The molecule has 1 aliphatic rings. The van der Waals surface area contributed by atoms with E-state index in [1.807, 2.05) is 0 Å². The number of halogens is 1. The van der Waals surface area contributed by atoms with E-state index in [0.717, 1.165) is 17.3 Å². The van der Waals surface area contributed by atoms with Crippen LogP contribution in [0.2, 0.25) is 0 Å². The second kappa shape index (κ2) is 7.05. The molecule has 2 aromatic carbocycles. The molecule has 1 fully saturated rings. The largest absolute Gasteiger partial charge is 0.495 e. The normalized spacial score (nSPS) is 14.0. The summed E-state index contributed by atoms with van der Waals surface area (Å²) in [7, 11) is -2.32. The minimum atomic E-state index is -3.79. The fourth-order valence-electron chi connectivity index (χ4n) is 2.26. The first-order valence-corrected chi connectivity index (χ1v) is 9.94. The van der Waals surface area contributed by atoms with Crippen molar-refractivity contribution >= 4 is 43.2 Å². The average molecular weight is 425 g/mol. The van der Waals surface area contributed by atoms with E-state index in [-0.39, 0.29) is 16.7 Å². The Bertz CT molecular complexity index is 893. The Morgan fingerprint density at radius 1 is 1.16 bits per heavy atom. The van der Waals surface area contributed by atoms with Gasteiger partial charge in [0.25, 0.3) is 10.0 Å². The van der Waals surface area contributed by atoms with Crippen LogP contribution in [-0.2, 0) is 14.8 Å². The van der Waals surface area contributed by atoms with Crippen LogP contribution in [0.25, 0.3) is 0 Å². The molecule has 6 nitrogen and oxygen atoms in total. The van der Waals surface area contributed by atoms with E-state index in [1.165, 1.54) is 25.3 Å². The van der Waals surface area contributed by atoms with Gasteiger partial charge in [-0.05, 0) is 55.3 Å². The van der Waals surface area contributed by atoms with Gasteiger partial charge in [-0.25, -0.2) is 8.42 Å². The molecule has 0 bridgehead atoms. The van der Waals surface area contributed by atoms with Gasteiger partial charge in [-0.2, -0.15) is 0 Å². The van der Waals surface area contributed by atoms with Crippen LogP contribution < -0.4 is 14.8 Å². The van der Waals surface area contributed by atoms with E-state index >= 15 is 0 Å². The zero-order valence-electron chi connectivity index (χ0n) is 13.5. The average Bonchev–Trinajstić information content (AvgIpc) is 3.42. The maximum absolute atomic E-state index is 12.6. The number of carbonyl (C=O) groups is 1. The molecular formula is C17H17BrN2O4S. The van der Waals surface area contributed by atoms with E-state index in [1.54, 1.807) is 24.3 Å². The topological polar surface area (TPSA) is 84.5 Å². The predicted molar refractivity (Wildman–Crippen MR) is 99.3 cm³/mol. The summed E-state index contributed by atoms with van der Waals surface area (Å²) in [6, 6.07) is 11.2. The molecule has 2 aromatic rings. The zero-order chi connectivity index (χ0) is 18.0. The second-order valence-corrected chi connectivity index (χ2v) is 8.34. The van der Waals surface area contributed by atoms with Gasteiger partial charge in [-0.15, -0.1) is 0 Å². The first-order valence-electron chi connectivity index (χ1n) is 7.66. The van der Waals surface area contributed by atoms with Gasteiger partial charge in [0.2, 0.25) is 5.91 Å². The van der Waals surface area contributed by atoms with E-state index in [4.69, 9.17) is 4.74 Å². The van der Waals surface area contributed by atoms with Crippen LogP contribution in [0, 0.1) is 5.92 Å². The van der Waals surface area contributed by atoms with Crippen LogP contribution in [0.1, 0.15) is 12.8 Å². The van der Waals surface area contributed by atoms with Crippen molar-refractivity contribution in [2.45, 2.75) is 17.7 Å². The highest BCUT2D eigenvalue weighted by Gasteiger charge is 2.30. The van der Waals surface area contributed by atoms with Crippen molar-refractivity contribution in [2.24, 2.45) is 5.92 Å². The van der Waals surface area contributed by atoms with E-state index < -0.39 is 10.0 Å². The van der Waals surface area contributed by atoms with Gasteiger partial charge in [-0.1, -0.05) is 15.9 Å². The van der Waals surface area contributed by atoms with Crippen LogP contribution in [0.5, 0.6) is 5.75 Å². The lowest BCUT2D eigenvalue weighted by Crippen LogP contribution is -2.16. The summed E-state index contributed by atoms with van der Waals surface area (Å²) in [4.78, 5) is 12.0. The number of rotatable bonds is 6. The number of hydrogen-bond acceptors (Lipinski definition) is 4. The highest BCUT2D eigenvalue weighted by molar-refractivity contribution is 9.10. The molecule has 132 valence electrons. The van der Waals surface area contributed by atoms with Crippen molar-refractivity contribution in [3.8, 4) is 5.75 Å². The quantitative estimate of drug-likeness (QED) is 0.741. The Hall–Kier alpha value is -2.06. The maximum Gasteiger partial charge on any atom is 0.261 e. The number of anilines is 2. The minimum Gasteiger partial charge on any atom is -0.495 e. The molecule has 2 N–H and O–H groups in total. The standard InChI is InChI=1S/C17H17BrN2O4S/c1-24-16-9-8-14(10-15(16)19-17(21)11-2-3-11)25(22,23)20-13-6-4-12(18)5-7-13/h4-11,20H,2-3H2,1H3,(H,19,21). The van der Waals surface area contributed by atoms with Gasteiger partial charge in [-0.3, -0.25) is 9.52 Å². The zero-order valence-corrected chi connectivity index (χ0v) is 15.9. The smallest absolute Gasteiger partial charge is 0.261 e. The molecule has 0 aliphatic heterocycles. The molecule has 1 aliphatic carbocycles. The Morgan fingerprint density at radius 3 is 2.44 bits per heavy atom. The summed E-state index contributed by atoms with van der Waals surface area (Å²) in [5.74, 6) is 0.302. The van der Waals surface area contributed by atoms with Crippen LogP contribution in [0.4, 0.5) is 11.4 Å². The molecule has 0 unspecified atom stereocenters. The molecule has 0 saturated heterocycles. The summed E-state index contributed by atoms with van der Waals surface area (Å²) < 4.78 is 33.8. The SMILES string of the molecule is COc1ccc(S(=O)(=O)Nc2ccc(Br)cc2)cc1NC(=O)C1CC1. The van der Waals surface area contributed by atoms with Crippen LogP contribution in [-0.4, -0.2) is 21.4 Å². The molecule has 25 heavy (non-hydrogen) atoms. The summed E-state index contributed by atoms with van der Waals surface area (Å²) in [6.45, 7) is 0. The molecule has 3 rings (SSSR count). The molecule has 0 heterocycles. The first-order chi connectivity index (χ1) is 11.9.